The van der Waals surface area contributed by atoms with Crippen molar-refractivity contribution < 1.29 is 27.5 Å². The maximum atomic E-state index is 13.1. The normalized spacial score (nSPS) is 10.8. The van der Waals surface area contributed by atoms with Gasteiger partial charge in [0.2, 0.25) is 5.91 Å². The Bertz CT molecular complexity index is 1320. The van der Waals surface area contributed by atoms with Crippen LogP contribution in [0, 0.1) is 6.92 Å². The Morgan fingerprint density at radius 1 is 0.824 bits per heavy atom. The lowest BCUT2D eigenvalue weighted by Crippen LogP contribution is -2.18. The highest BCUT2D eigenvalue weighted by molar-refractivity contribution is 7.92. The van der Waals surface area contributed by atoms with Crippen molar-refractivity contribution in [3.05, 3.63) is 71.8 Å². The predicted octanol–water partition coefficient (Wildman–Crippen LogP) is 4.02. The number of amides is 2. The van der Waals surface area contributed by atoms with Crippen LogP contribution < -0.4 is 24.8 Å². The predicted molar refractivity (Wildman–Crippen MR) is 130 cm³/mol. The standard InChI is InChI=1S/C24H25N3O6S/c1-15-5-8-18(9-6-15)27-34(30,31)23-13-17(7-12-22(23)33-4)24(29)26-21-14-19(32-3)10-11-20(21)25-16(2)28/h5-14,27H,1-4H3,(H,25,28)(H,26,29). The molecule has 2 amide bonds. The Kier molecular flexibility index (Phi) is 7.42. The fraction of sp³-hybridized carbons (Fsp3) is 0.167. The van der Waals surface area contributed by atoms with Crippen molar-refractivity contribution in [2.24, 2.45) is 0 Å². The van der Waals surface area contributed by atoms with Crippen molar-refractivity contribution >= 4 is 38.9 Å². The maximum absolute atomic E-state index is 13.1. The summed E-state index contributed by atoms with van der Waals surface area (Å²) in [5, 5.41) is 5.32. The fourth-order valence-corrected chi connectivity index (χ4v) is 4.36. The molecule has 3 N–H and O–H groups in total. The lowest BCUT2D eigenvalue weighted by Gasteiger charge is -2.15. The van der Waals surface area contributed by atoms with E-state index in [4.69, 9.17) is 9.47 Å². The molecule has 0 heterocycles. The van der Waals surface area contributed by atoms with E-state index in [9.17, 15) is 18.0 Å². The fourth-order valence-electron chi connectivity index (χ4n) is 3.11. The van der Waals surface area contributed by atoms with Crippen LogP contribution in [0.3, 0.4) is 0 Å². The van der Waals surface area contributed by atoms with E-state index in [0.717, 1.165) is 5.56 Å². The number of ether oxygens (including phenoxy) is 2. The zero-order chi connectivity index (χ0) is 24.9. The highest BCUT2D eigenvalue weighted by atomic mass is 32.2. The number of benzene rings is 3. The van der Waals surface area contributed by atoms with Gasteiger partial charge >= 0.3 is 0 Å². The second-order valence-electron chi connectivity index (χ2n) is 7.38. The van der Waals surface area contributed by atoms with E-state index in [1.807, 2.05) is 6.92 Å². The van der Waals surface area contributed by atoms with Gasteiger partial charge in [-0.3, -0.25) is 14.3 Å². The maximum Gasteiger partial charge on any atom is 0.265 e. The smallest absolute Gasteiger partial charge is 0.265 e. The first-order valence-corrected chi connectivity index (χ1v) is 11.7. The van der Waals surface area contributed by atoms with E-state index < -0.39 is 15.9 Å². The molecule has 0 aromatic heterocycles. The SMILES string of the molecule is COc1ccc(NC(C)=O)c(NC(=O)c2ccc(OC)c(S(=O)(=O)Nc3ccc(C)cc3)c2)c1. The quantitative estimate of drug-likeness (QED) is 0.445. The van der Waals surface area contributed by atoms with Gasteiger partial charge < -0.3 is 20.1 Å². The van der Waals surface area contributed by atoms with E-state index >= 15 is 0 Å². The summed E-state index contributed by atoms with van der Waals surface area (Å²) in [5.74, 6) is -0.365. The Morgan fingerprint density at radius 3 is 2.15 bits per heavy atom. The molecule has 0 radical (unpaired) electrons. The van der Waals surface area contributed by atoms with Crippen LogP contribution in [0.15, 0.2) is 65.6 Å². The van der Waals surface area contributed by atoms with E-state index in [-0.39, 0.29) is 27.8 Å². The van der Waals surface area contributed by atoms with Crippen LogP contribution in [0.25, 0.3) is 0 Å². The zero-order valence-electron chi connectivity index (χ0n) is 19.1. The second-order valence-corrected chi connectivity index (χ2v) is 9.03. The summed E-state index contributed by atoms with van der Waals surface area (Å²) >= 11 is 0. The van der Waals surface area contributed by atoms with Crippen molar-refractivity contribution in [1.29, 1.82) is 0 Å². The number of aryl methyl sites for hydroxylation is 1. The van der Waals surface area contributed by atoms with Crippen LogP contribution in [0.1, 0.15) is 22.8 Å². The molecule has 0 aliphatic rings. The van der Waals surface area contributed by atoms with Gasteiger partial charge in [-0.1, -0.05) is 17.7 Å². The van der Waals surface area contributed by atoms with Crippen molar-refractivity contribution in [3.63, 3.8) is 0 Å². The number of hydrogen-bond acceptors (Lipinski definition) is 6. The van der Waals surface area contributed by atoms with Gasteiger partial charge in [-0.05, 0) is 49.4 Å². The van der Waals surface area contributed by atoms with E-state index in [1.54, 1.807) is 42.5 Å². The highest BCUT2D eigenvalue weighted by Crippen LogP contribution is 2.30. The first-order valence-electron chi connectivity index (χ1n) is 10.2. The third kappa shape index (κ3) is 5.84. The lowest BCUT2D eigenvalue weighted by molar-refractivity contribution is -0.114. The minimum absolute atomic E-state index is 0.0710. The molecule has 0 unspecified atom stereocenters. The number of methoxy groups -OCH3 is 2. The number of anilines is 3. The summed E-state index contributed by atoms with van der Waals surface area (Å²) in [5.41, 5.74) is 2.08. The van der Waals surface area contributed by atoms with Gasteiger partial charge in [0, 0.05) is 24.2 Å². The second kappa shape index (κ2) is 10.3. The van der Waals surface area contributed by atoms with Crippen molar-refractivity contribution in [2.75, 3.05) is 29.6 Å². The largest absolute Gasteiger partial charge is 0.497 e. The number of rotatable bonds is 8. The summed E-state index contributed by atoms with van der Waals surface area (Å²) in [7, 11) is -1.25. The molecule has 0 atom stereocenters. The number of sulfonamides is 1. The molecule has 0 saturated carbocycles. The average Bonchev–Trinajstić information content (AvgIpc) is 2.80. The molecule has 10 heteroatoms. The van der Waals surface area contributed by atoms with Crippen LogP contribution in [-0.2, 0) is 14.8 Å². The molecule has 34 heavy (non-hydrogen) atoms. The first kappa shape index (κ1) is 24.6. The molecule has 0 fully saturated rings. The Balaban J connectivity index is 1.94. The Labute approximate surface area is 198 Å². The topological polar surface area (TPSA) is 123 Å². The number of hydrogen-bond donors (Lipinski definition) is 3. The molecule has 0 bridgehead atoms. The van der Waals surface area contributed by atoms with E-state index in [1.165, 1.54) is 39.3 Å². The highest BCUT2D eigenvalue weighted by Gasteiger charge is 2.22. The molecule has 0 spiro atoms. The summed E-state index contributed by atoms with van der Waals surface area (Å²) in [6.07, 6.45) is 0. The minimum atomic E-state index is -4.06. The Morgan fingerprint density at radius 2 is 1.53 bits per heavy atom. The lowest BCUT2D eigenvalue weighted by atomic mass is 10.2. The summed E-state index contributed by atoms with van der Waals surface area (Å²) in [4.78, 5) is 24.3. The Hall–Kier alpha value is -4.05. The van der Waals surface area contributed by atoms with E-state index in [2.05, 4.69) is 15.4 Å². The third-order valence-electron chi connectivity index (χ3n) is 4.80. The van der Waals surface area contributed by atoms with Crippen molar-refractivity contribution in [3.8, 4) is 11.5 Å². The molecule has 0 saturated heterocycles. The molecule has 0 aliphatic heterocycles. The van der Waals surface area contributed by atoms with Gasteiger partial charge in [0.15, 0.2) is 0 Å². The summed E-state index contributed by atoms with van der Waals surface area (Å²) in [6, 6.07) is 15.7. The van der Waals surface area contributed by atoms with Gasteiger partial charge in [-0.2, -0.15) is 0 Å². The molecule has 3 rings (SSSR count). The summed E-state index contributed by atoms with van der Waals surface area (Å²) < 4.78 is 39.0. The van der Waals surface area contributed by atoms with Crippen LogP contribution in [0.5, 0.6) is 11.5 Å². The molecule has 9 nitrogen and oxygen atoms in total. The van der Waals surface area contributed by atoms with Gasteiger partial charge in [0.05, 0.1) is 25.6 Å². The molecular weight excluding hydrogens is 458 g/mol. The zero-order valence-corrected chi connectivity index (χ0v) is 19.9. The van der Waals surface area contributed by atoms with Gasteiger partial charge in [0.25, 0.3) is 15.9 Å². The molecule has 178 valence electrons. The van der Waals surface area contributed by atoms with Gasteiger partial charge in [0.1, 0.15) is 16.4 Å². The number of carbonyl (C=O) groups is 2. The average molecular weight is 484 g/mol. The number of nitrogens with one attached hydrogen (secondary N) is 3. The van der Waals surface area contributed by atoms with E-state index in [0.29, 0.717) is 17.1 Å². The van der Waals surface area contributed by atoms with Crippen LogP contribution in [-0.4, -0.2) is 34.5 Å². The number of carbonyl (C=O) groups excluding carboxylic acids is 2. The monoisotopic (exact) mass is 483 g/mol. The molecule has 3 aromatic rings. The van der Waals surface area contributed by atoms with Crippen LogP contribution in [0.2, 0.25) is 0 Å². The van der Waals surface area contributed by atoms with Crippen molar-refractivity contribution in [2.45, 2.75) is 18.7 Å². The van der Waals surface area contributed by atoms with Crippen LogP contribution >= 0.6 is 0 Å². The first-order chi connectivity index (χ1) is 16.1. The molecule has 0 aliphatic carbocycles. The molecule has 3 aromatic carbocycles. The third-order valence-corrected chi connectivity index (χ3v) is 6.21. The van der Waals surface area contributed by atoms with Gasteiger partial charge in [-0.25, -0.2) is 8.42 Å². The van der Waals surface area contributed by atoms with Crippen LogP contribution in [0.4, 0.5) is 17.1 Å². The minimum Gasteiger partial charge on any atom is -0.497 e. The van der Waals surface area contributed by atoms with Gasteiger partial charge in [-0.15, -0.1) is 0 Å². The van der Waals surface area contributed by atoms with Crippen molar-refractivity contribution in [1.82, 2.24) is 0 Å². The summed E-state index contributed by atoms with van der Waals surface area (Å²) in [6.45, 7) is 3.24. The molecular formula is C24H25N3O6S.